The molecule has 1 aliphatic rings. The number of carbonyl (C=O) groups is 2. The van der Waals surface area contributed by atoms with Gasteiger partial charge in [-0.2, -0.15) is 0 Å². The number of carboxylic acids is 1. The van der Waals surface area contributed by atoms with Crippen LogP contribution >= 0.6 is 22.9 Å². The molecular weight excluding hydrogens is 457 g/mol. The van der Waals surface area contributed by atoms with Crippen molar-refractivity contribution >= 4 is 45.8 Å². The van der Waals surface area contributed by atoms with Crippen molar-refractivity contribution in [1.29, 1.82) is 0 Å². The van der Waals surface area contributed by atoms with Crippen LogP contribution in [-0.2, 0) is 6.54 Å². The molecule has 0 atom stereocenters. The highest BCUT2D eigenvalue weighted by Crippen LogP contribution is 2.22. The summed E-state index contributed by atoms with van der Waals surface area (Å²) in [7, 11) is 0. The minimum absolute atomic E-state index is 0.0420. The molecule has 1 aliphatic heterocycles. The highest BCUT2D eigenvalue weighted by atomic mass is 35.5. The molecule has 2 N–H and O–H groups in total. The maximum Gasteiger partial charge on any atom is 0.335 e. The van der Waals surface area contributed by atoms with E-state index in [2.05, 4.69) is 20.2 Å². The lowest BCUT2D eigenvalue weighted by molar-refractivity contribution is 0.0620. The summed E-state index contributed by atoms with van der Waals surface area (Å²) in [4.78, 5) is 36.5. The number of aromatic carboxylic acids is 1. The molecule has 3 aromatic rings. The molecule has 8 nitrogen and oxygen atoms in total. The van der Waals surface area contributed by atoms with Gasteiger partial charge in [0.1, 0.15) is 5.82 Å². The van der Waals surface area contributed by atoms with Gasteiger partial charge in [-0.1, -0.05) is 17.7 Å². The van der Waals surface area contributed by atoms with Crippen LogP contribution in [0.1, 0.15) is 26.4 Å². The van der Waals surface area contributed by atoms with E-state index >= 15 is 0 Å². The molecule has 2 aromatic heterocycles. The molecule has 0 unspecified atom stereocenters. The van der Waals surface area contributed by atoms with Gasteiger partial charge in [0.05, 0.1) is 21.8 Å². The lowest BCUT2D eigenvalue weighted by Gasteiger charge is -2.34. The molecule has 1 aromatic carbocycles. The lowest BCUT2D eigenvalue weighted by Crippen LogP contribution is -2.48. The number of piperazine rings is 1. The fraction of sp³-hybridized carbons (Fsp3) is 0.238. The first-order chi connectivity index (χ1) is 15.4. The van der Waals surface area contributed by atoms with Crippen molar-refractivity contribution in [3.8, 4) is 0 Å². The molecule has 1 amide bonds. The van der Waals surface area contributed by atoms with Crippen LogP contribution < -0.4 is 5.32 Å². The fourth-order valence-electron chi connectivity index (χ4n) is 3.43. The van der Waals surface area contributed by atoms with E-state index in [4.69, 9.17) is 11.6 Å². The minimum atomic E-state index is -1.05. The van der Waals surface area contributed by atoms with Gasteiger partial charge in [-0.15, -0.1) is 11.3 Å². The van der Waals surface area contributed by atoms with Gasteiger partial charge < -0.3 is 15.3 Å². The number of nitrogens with zero attached hydrogens (tertiary/aromatic N) is 4. The standard InChI is InChI=1S/C21H19ClFN5O3S/c22-16-3-1-2-15(18(16)23)19(29)28-7-5-27(6-8-28)12-14-10-13(20(30)31)11-17(25-14)26-21-24-4-9-32-21/h1-4,9-11H,5-8,12H2,(H,30,31)(H,24,25,26). The van der Waals surface area contributed by atoms with Crippen LogP contribution in [0.4, 0.5) is 15.3 Å². The average molecular weight is 476 g/mol. The lowest BCUT2D eigenvalue weighted by atomic mass is 10.1. The van der Waals surface area contributed by atoms with Crippen molar-refractivity contribution in [1.82, 2.24) is 19.8 Å². The smallest absolute Gasteiger partial charge is 0.335 e. The second kappa shape index (κ2) is 9.60. The molecule has 0 bridgehead atoms. The summed E-state index contributed by atoms with van der Waals surface area (Å²) in [5, 5.41) is 14.8. The van der Waals surface area contributed by atoms with Gasteiger partial charge in [0.15, 0.2) is 10.9 Å². The number of amides is 1. The van der Waals surface area contributed by atoms with E-state index in [0.29, 0.717) is 49.4 Å². The van der Waals surface area contributed by atoms with E-state index < -0.39 is 17.7 Å². The van der Waals surface area contributed by atoms with E-state index in [9.17, 15) is 19.1 Å². The predicted molar refractivity (Wildman–Crippen MR) is 119 cm³/mol. The summed E-state index contributed by atoms with van der Waals surface area (Å²) in [6.07, 6.45) is 1.64. The largest absolute Gasteiger partial charge is 0.478 e. The van der Waals surface area contributed by atoms with Gasteiger partial charge in [-0.3, -0.25) is 9.69 Å². The van der Waals surface area contributed by atoms with Crippen LogP contribution in [-0.4, -0.2) is 62.9 Å². The Hall–Kier alpha value is -3.08. The molecule has 1 saturated heterocycles. The number of aromatic nitrogens is 2. The number of nitrogens with one attached hydrogen (secondary N) is 1. The number of carbonyl (C=O) groups excluding carboxylic acids is 1. The molecule has 0 radical (unpaired) electrons. The van der Waals surface area contributed by atoms with E-state index in [1.165, 1.54) is 35.6 Å². The second-order valence-corrected chi connectivity index (χ2v) is 8.47. The number of carboxylic acid groups (broad SMARTS) is 1. The molecule has 0 saturated carbocycles. The normalized spacial score (nSPS) is 14.4. The number of rotatable bonds is 6. The van der Waals surface area contributed by atoms with E-state index in [-0.39, 0.29) is 16.1 Å². The van der Waals surface area contributed by atoms with Gasteiger partial charge in [0.25, 0.3) is 5.91 Å². The first-order valence-corrected chi connectivity index (χ1v) is 11.0. The summed E-state index contributed by atoms with van der Waals surface area (Å²) in [6, 6.07) is 7.38. The molecule has 166 valence electrons. The average Bonchev–Trinajstić information content (AvgIpc) is 3.28. The SMILES string of the molecule is O=C(O)c1cc(CN2CCN(C(=O)c3cccc(Cl)c3F)CC2)nc(Nc2nccs2)c1. The summed E-state index contributed by atoms with van der Waals surface area (Å²) in [6.45, 7) is 2.33. The fourth-order valence-corrected chi connectivity index (χ4v) is 4.14. The zero-order valence-corrected chi connectivity index (χ0v) is 18.4. The van der Waals surface area contributed by atoms with Gasteiger partial charge in [-0.05, 0) is 24.3 Å². The number of benzene rings is 1. The van der Waals surface area contributed by atoms with Crippen molar-refractivity contribution in [2.75, 3.05) is 31.5 Å². The number of halogens is 2. The molecule has 0 spiro atoms. The Bertz CT molecular complexity index is 1140. The monoisotopic (exact) mass is 475 g/mol. The van der Waals surface area contributed by atoms with Gasteiger partial charge in [0, 0.05) is 44.3 Å². The molecular formula is C21H19ClFN5O3S. The molecule has 3 heterocycles. The van der Waals surface area contributed by atoms with Crippen LogP contribution in [0.3, 0.4) is 0 Å². The Kier molecular flexibility index (Phi) is 6.63. The van der Waals surface area contributed by atoms with Crippen molar-refractivity contribution in [3.05, 3.63) is 69.6 Å². The Morgan fingerprint density at radius 1 is 1.22 bits per heavy atom. The number of hydrogen-bond donors (Lipinski definition) is 2. The van der Waals surface area contributed by atoms with Crippen LogP contribution in [0.2, 0.25) is 5.02 Å². The highest BCUT2D eigenvalue weighted by Gasteiger charge is 2.25. The summed E-state index contributed by atoms with van der Waals surface area (Å²) in [5.74, 6) is -1.75. The zero-order valence-electron chi connectivity index (χ0n) is 16.8. The predicted octanol–water partition coefficient (Wildman–Crippen LogP) is 3.73. The first-order valence-electron chi connectivity index (χ1n) is 9.77. The molecule has 4 rings (SSSR count). The topological polar surface area (TPSA) is 98.7 Å². The summed E-state index contributed by atoms with van der Waals surface area (Å²) < 4.78 is 14.2. The third kappa shape index (κ3) is 5.04. The summed E-state index contributed by atoms with van der Waals surface area (Å²) in [5.41, 5.74) is 0.670. The van der Waals surface area contributed by atoms with Crippen molar-refractivity contribution in [3.63, 3.8) is 0 Å². The third-order valence-corrected chi connectivity index (χ3v) is 6.00. The Labute approximate surface area is 192 Å². The Morgan fingerprint density at radius 3 is 2.69 bits per heavy atom. The molecule has 1 fully saturated rings. The maximum atomic E-state index is 14.2. The Morgan fingerprint density at radius 2 is 2.00 bits per heavy atom. The van der Waals surface area contributed by atoms with Gasteiger partial charge in [0.2, 0.25) is 0 Å². The number of anilines is 2. The molecule has 11 heteroatoms. The van der Waals surface area contributed by atoms with Crippen LogP contribution in [0, 0.1) is 5.82 Å². The number of thiazole rings is 1. The van der Waals surface area contributed by atoms with Crippen molar-refractivity contribution < 1.29 is 19.1 Å². The van der Waals surface area contributed by atoms with Gasteiger partial charge in [-0.25, -0.2) is 19.2 Å². The van der Waals surface area contributed by atoms with Crippen LogP contribution in [0.25, 0.3) is 0 Å². The van der Waals surface area contributed by atoms with Crippen LogP contribution in [0.15, 0.2) is 41.9 Å². The zero-order chi connectivity index (χ0) is 22.7. The van der Waals surface area contributed by atoms with Crippen molar-refractivity contribution in [2.24, 2.45) is 0 Å². The van der Waals surface area contributed by atoms with Crippen LogP contribution in [0.5, 0.6) is 0 Å². The highest BCUT2D eigenvalue weighted by molar-refractivity contribution is 7.13. The summed E-state index contributed by atoms with van der Waals surface area (Å²) >= 11 is 7.18. The van der Waals surface area contributed by atoms with Gasteiger partial charge >= 0.3 is 5.97 Å². The van der Waals surface area contributed by atoms with E-state index in [1.807, 2.05) is 0 Å². The van der Waals surface area contributed by atoms with E-state index in [0.717, 1.165) is 0 Å². The minimum Gasteiger partial charge on any atom is -0.478 e. The number of hydrogen-bond acceptors (Lipinski definition) is 7. The molecule has 32 heavy (non-hydrogen) atoms. The molecule has 0 aliphatic carbocycles. The third-order valence-electron chi connectivity index (χ3n) is 5.02. The quantitative estimate of drug-likeness (QED) is 0.560. The number of pyridine rings is 1. The van der Waals surface area contributed by atoms with Crippen molar-refractivity contribution in [2.45, 2.75) is 6.54 Å². The maximum absolute atomic E-state index is 14.2. The Balaban J connectivity index is 1.42. The van der Waals surface area contributed by atoms with E-state index in [1.54, 1.807) is 22.5 Å². The second-order valence-electron chi connectivity index (χ2n) is 7.17. The first kappa shape index (κ1) is 22.1.